The highest BCUT2D eigenvalue weighted by Crippen LogP contribution is 2.12. The van der Waals surface area contributed by atoms with Crippen LogP contribution in [0.4, 0.5) is 0 Å². The van der Waals surface area contributed by atoms with Crippen molar-refractivity contribution in [2.45, 2.75) is 26.7 Å². The Morgan fingerprint density at radius 3 is 2.60 bits per heavy atom. The Morgan fingerprint density at radius 1 is 1.60 bits per heavy atom. The fraction of sp³-hybridized carbons (Fsp3) is 0.667. The number of carbonyl (C=O) groups excluding carboxylic acids is 1. The average molecular weight is 138 g/mol. The van der Waals surface area contributed by atoms with Crippen LogP contribution < -0.4 is 0 Å². The Bertz CT molecular complexity index is 132. The normalized spacial score (nSPS) is 15.3. The van der Waals surface area contributed by atoms with Crippen molar-refractivity contribution in [1.29, 1.82) is 0 Å². The molecule has 0 N–H and O–H groups in total. The molecule has 0 heterocycles. The summed E-state index contributed by atoms with van der Waals surface area (Å²) in [4.78, 5) is 10.0. The zero-order valence-electron chi connectivity index (χ0n) is 6.63. The SMILES string of the molecule is C#CC(C)CC(C)CC=O. The number of hydrogen-bond donors (Lipinski definition) is 0. The molecule has 0 saturated heterocycles. The number of rotatable bonds is 4. The quantitative estimate of drug-likeness (QED) is 0.428. The van der Waals surface area contributed by atoms with E-state index in [4.69, 9.17) is 6.42 Å². The van der Waals surface area contributed by atoms with E-state index in [2.05, 4.69) is 5.92 Å². The molecule has 1 nitrogen and oxygen atoms in total. The highest BCUT2D eigenvalue weighted by atomic mass is 16.1. The van der Waals surface area contributed by atoms with Gasteiger partial charge in [-0.3, -0.25) is 0 Å². The van der Waals surface area contributed by atoms with Crippen LogP contribution in [-0.2, 0) is 4.79 Å². The smallest absolute Gasteiger partial charge is 0.120 e. The molecule has 0 spiro atoms. The lowest BCUT2D eigenvalue weighted by atomic mass is 9.96. The first-order chi connectivity index (χ1) is 4.70. The van der Waals surface area contributed by atoms with Gasteiger partial charge in [0, 0.05) is 12.3 Å². The van der Waals surface area contributed by atoms with Gasteiger partial charge >= 0.3 is 0 Å². The Morgan fingerprint density at radius 2 is 2.20 bits per heavy atom. The molecular weight excluding hydrogens is 124 g/mol. The molecule has 0 radical (unpaired) electrons. The Balaban J connectivity index is 3.48. The summed E-state index contributed by atoms with van der Waals surface area (Å²) < 4.78 is 0. The topological polar surface area (TPSA) is 17.1 Å². The molecule has 0 saturated carbocycles. The maximum atomic E-state index is 10.0. The molecule has 2 unspecified atom stereocenters. The van der Waals surface area contributed by atoms with E-state index in [0.717, 1.165) is 12.7 Å². The Labute approximate surface area is 62.8 Å². The van der Waals surface area contributed by atoms with Gasteiger partial charge in [-0.25, -0.2) is 0 Å². The molecule has 0 bridgehead atoms. The van der Waals surface area contributed by atoms with E-state index in [0.29, 0.717) is 18.3 Å². The van der Waals surface area contributed by atoms with Gasteiger partial charge in [-0.1, -0.05) is 13.8 Å². The first kappa shape index (κ1) is 9.23. The van der Waals surface area contributed by atoms with Crippen molar-refractivity contribution in [2.75, 3.05) is 0 Å². The van der Waals surface area contributed by atoms with Crippen molar-refractivity contribution in [1.82, 2.24) is 0 Å². The molecular formula is C9H14O. The van der Waals surface area contributed by atoms with Crippen LogP contribution in [0.2, 0.25) is 0 Å². The van der Waals surface area contributed by atoms with Gasteiger partial charge in [0.15, 0.2) is 0 Å². The van der Waals surface area contributed by atoms with E-state index in [1.54, 1.807) is 0 Å². The lowest BCUT2D eigenvalue weighted by Gasteiger charge is -2.08. The first-order valence-corrected chi connectivity index (χ1v) is 3.60. The van der Waals surface area contributed by atoms with Crippen molar-refractivity contribution in [2.24, 2.45) is 11.8 Å². The lowest BCUT2D eigenvalue weighted by molar-refractivity contribution is -0.108. The first-order valence-electron chi connectivity index (χ1n) is 3.60. The second-order valence-corrected chi connectivity index (χ2v) is 2.81. The number of aldehydes is 1. The monoisotopic (exact) mass is 138 g/mol. The van der Waals surface area contributed by atoms with Gasteiger partial charge in [0.1, 0.15) is 6.29 Å². The third-order valence-electron chi connectivity index (χ3n) is 1.54. The van der Waals surface area contributed by atoms with Gasteiger partial charge in [0.25, 0.3) is 0 Å². The maximum Gasteiger partial charge on any atom is 0.120 e. The van der Waals surface area contributed by atoms with Crippen LogP contribution in [0.3, 0.4) is 0 Å². The molecule has 0 aliphatic carbocycles. The summed E-state index contributed by atoms with van der Waals surface area (Å²) in [5.41, 5.74) is 0. The van der Waals surface area contributed by atoms with E-state index in [1.807, 2.05) is 13.8 Å². The third-order valence-corrected chi connectivity index (χ3v) is 1.54. The second kappa shape index (κ2) is 5.05. The van der Waals surface area contributed by atoms with E-state index in [-0.39, 0.29) is 0 Å². The minimum Gasteiger partial charge on any atom is -0.303 e. The molecule has 0 aromatic carbocycles. The number of carbonyl (C=O) groups is 1. The lowest BCUT2D eigenvalue weighted by Crippen LogP contribution is -2.01. The Hall–Kier alpha value is -0.770. The summed E-state index contributed by atoms with van der Waals surface area (Å²) in [5, 5.41) is 0. The molecule has 0 aliphatic heterocycles. The largest absolute Gasteiger partial charge is 0.303 e. The summed E-state index contributed by atoms with van der Waals surface area (Å²) in [5.74, 6) is 3.37. The van der Waals surface area contributed by atoms with Gasteiger partial charge in [0.05, 0.1) is 0 Å². The van der Waals surface area contributed by atoms with Crippen LogP contribution in [0.15, 0.2) is 0 Å². The second-order valence-electron chi connectivity index (χ2n) is 2.81. The van der Waals surface area contributed by atoms with Crippen LogP contribution in [0.1, 0.15) is 26.7 Å². The highest BCUT2D eigenvalue weighted by molar-refractivity contribution is 5.49. The molecule has 2 atom stereocenters. The predicted molar refractivity (Wildman–Crippen MR) is 42.5 cm³/mol. The summed E-state index contributed by atoms with van der Waals surface area (Å²) >= 11 is 0. The van der Waals surface area contributed by atoms with Crippen LogP contribution in [0.5, 0.6) is 0 Å². The molecule has 0 aromatic rings. The standard InChI is InChI=1S/C9H14O/c1-4-8(2)7-9(3)5-6-10/h1,6,8-9H,5,7H2,2-3H3. The highest BCUT2D eigenvalue weighted by Gasteiger charge is 2.04. The maximum absolute atomic E-state index is 10.0. The van der Waals surface area contributed by atoms with E-state index in [9.17, 15) is 4.79 Å². The van der Waals surface area contributed by atoms with Gasteiger partial charge in [-0.2, -0.15) is 0 Å². The van der Waals surface area contributed by atoms with Crippen molar-refractivity contribution in [3.8, 4) is 12.3 Å². The van der Waals surface area contributed by atoms with Gasteiger partial charge < -0.3 is 4.79 Å². The van der Waals surface area contributed by atoms with E-state index >= 15 is 0 Å². The molecule has 0 rings (SSSR count). The summed E-state index contributed by atoms with van der Waals surface area (Å²) in [6, 6.07) is 0. The minimum absolute atomic E-state index is 0.301. The van der Waals surface area contributed by atoms with Crippen molar-refractivity contribution in [3.05, 3.63) is 0 Å². The number of terminal acetylenes is 1. The zero-order valence-corrected chi connectivity index (χ0v) is 6.63. The van der Waals surface area contributed by atoms with Gasteiger partial charge in [-0.15, -0.1) is 12.3 Å². The van der Waals surface area contributed by atoms with Crippen molar-refractivity contribution < 1.29 is 4.79 Å². The molecule has 1 heteroatoms. The summed E-state index contributed by atoms with van der Waals surface area (Å²) in [6.07, 6.45) is 7.72. The molecule has 0 aliphatic rings. The fourth-order valence-corrected chi connectivity index (χ4v) is 0.932. The fourth-order valence-electron chi connectivity index (χ4n) is 0.932. The van der Waals surface area contributed by atoms with Gasteiger partial charge in [-0.05, 0) is 12.3 Å². The molecule has 0 amide bonds. The summed E-state index contributed by atoms with van der Waals surface area (Å²) in [6.45, 7) is 4.05. The molecule has 10 heavy (non-hydrogen) atoms. The molecule has 0 aromatic heterocycles. The third kappa shape index (κ3) is 4.14. The van der Waals surface area contributed by atoms with E-state index in [1.165, 1.54) is 0 Å². The minimum atomic E-state index is 0.301. The van der Waals surface area contributed by atoms with Crippen molar-refractivity contribution in [3.63, 3.8) is 0 Å². The average Bonchev–Trinajstić information content (AvgIpc) is 1.88. The summed E-state index contributed by atoms with van der Waals surface area (Å²) in [7, 11) is 0. The van der Waals surface area contributed by atoms with Crippen LogP contribution in [0.25, 0.3) is 0 Å². The molecule has 0 fully saturated rings. The number of hydrogen-bond acceptors (Lipinski definition) is 1. The van der Waals surface area contributed by atoms with Crippen LogP contribution in [0, 0.1) is 24.2 Å². The van der Waals surface area contributed by atoms with Crippen LogP contribution in [-0.4, -0.2) is 6.29 Å². The predicted octanol–water partition coefficient (Wildman–Crippen LogP) is 1.87. The van der Waals surface area contributed by atoms with Crippen LogP contribution >= 0.6 is 0 Å². The zero-order chi connectivity index (χ0) is 7.98. The molecule has 56 valence electrons. The van der Waals surface area contributed by atoms with Gasteiger partial charge in [0.2, 0.25) is 0 Å². The van der Waals surface area contributed by atoms with Crippen molar-refractivity contribution >= 4 is 6.29 Å². The Kier molecular flexibility index (Phi) is 4.66. The van der Waals surface area contributed by atoms with E-state index < -0.39 is 0 Å².